The zero-order valence-electron chi connectivity index (χ0n) is 13.9. The van der Waals surface area contributed by atoms with Crippen LogP contribution in [-0.4, -0.2) is 25.7 Å². The second-order valence-corrected chi connectivity index (χ2v) is 5.80. The first-order chi connectivity index (χ1) is 11.6. The van der Waals surface area contributed by atoms with Gasteiger partial charge >= 0.3 is 0 Å². The molecule has 1 amide bonds. The van der Waals surface area contributed by atoms with Crippen LogP contribution in [-0.2, 0) is 4.79 Å². The van der Waals surface area contributed by atoms with E-state index in [-0.39, 0.29) is 18.6 Å². The molecule has 1 aliphatic rings. The summed E-state index contributed by atoms with van der Waals surface area (Å²) in [4.78, 5) is 12.1. The monoisotopic (exact) mass is 327 g/mol. The molecule has 5 nitrogen and oxygen atoms in total. The van der Waals surface area contributed by atoms with Gasteiger partial charge in [-0.25, -0.2) is 0 Å². The number of hydrogen-bond acceptors (Lipinski definition) is 4. The molecule has 1 aliphatic heterocycles. The van der Waals surface area contributed by atoms with Crippen LogP contribution in [0, 0.1) is 6.92 Å². The fraction of sp³-hybridized carbons (Fsp3) is 0.316. The van der Waals surface area contributed by atoms with Crippen molar-refractivity contribution in [3.63, 3.8) is 0 Å². The van der Waals surface area contributed by atoms with Gasteiger partial charge in [-0.05, 0) is 49.2 Å². The summed E-state index contributed by atoms with van der Waals surface area (Å²) in [6.07, 6.45) is 0. The number of nitrogens with one attached hydrogen (secondary N) is 1. The molecule has 0 fully saturated rings. The first-order valence-corrected chi connectivity index (χ1v) is 8.00. The van der Waals surface area contributed by atoms with Gasteiger partial charge in [0.25, 0.3) is 5.91 Å². The van der Waals surface area contributed by atoms with Crippen LogP contribution in [0.5, 0.6) is 17.2 Å². The molecular formula is C19H21NO4. The Morgan fingerprint density at radius 3 is 2.75 bits per heavy atom. The highest BCUT2D eigenvalue weighted by Gasteiger charge is 2.16. The maximum absolute atomic E-state index is 12.1. The third-order valence-electron chi connectivity index (χ3n) is 3.80. The summed E-state index contributed by atoms with van der Waals surface area (Å²) in [7, 11) is 0. The normalized spacial score (nSPS) is 13.9. The molecule has 0 spiro atoms. The Kier molecular flexibility index (Phi) is 4.89. The van der Waals surface area contributed by atoms with Crippen LogP contribution < -0.4 is 19.5 Å². The standard InChI is InChI=1S/C19H21NO4/c1-13-4-3-5-16(10-13)24-12-19(21)20-14(2)15-6-7-17-18(11-15)23-9-8-22-17/h3-7,10-11,14H,8-9,12H2,1-2H3,(H,20,21)/t14-/m0/s1. The van der Waals surface area contributed by atoms with E-state index in [1.54, 1.807) is 0 Å². The summed E-state index contributed by atoms with van der Waals surface area (Å²) in [5, 5.41) is 2.93. The summed E-state index contributed by atoms with van der Waals surface area (Å²) in [6.45, 7) is 5.00. The Bertz CT molecular complexity index is 729. The lowest BCUT2D eigenvalue weighted by Gasteiger charge is -2.21. The summed E-state index contributed by atoms with van der Waals surface area (Å²) >= 11 is 0. The van der Waals surface area contributed by atoms with Crippen LogP contribution in [0.25, 0.3) is 0 Å². The Morgan fingerprint density at radius 1 is 1.17 bits per heavy atom. The molecule has 1 heterocycles. The van der Waals surface area contributed by atoms with E-state index in [1.165, 1.54) is 0 Å². The lowest BCUT2D eigenvalue weighted by Crippen LogP contribution is -2.31. The molecule has 2 aromatic rings. The lowest BCUT2D eigenvalue weighted by molar-refractivity contribution is -0.123. The maximum Gasteiger partial charge on any atom is 0.258 e. The lowest BCUT2D eigenvalue weighted by atomic mass is 10.1. The van der Waals surface area contributed by atoms with Crippen molar-refractivity contribution in [2.24, 2.45) is 0 Å². The van der Waals surface area contributed by atoms with E-state index in [2.05, 4.69) is 5.32 Å². The molecule has 5 heteroatoms. The van der Waals surface area contributed by atoms with Crippen LogP contribution in [0.3, 0.4) is 0 Å². The van der Waals surface area contributed by atoms with Gasteiger partial charge in [-0.1, -0.05) is 18.2 Å². The predicted molar refractivity (Wildman–Crippen MR) is 90.7 cm³/mol. The SMILES string of the molecule is Cc1cccc(OCC(=O)N[C@@H](C)c2ccc3c(c2)OCCO3)c1. The van der Waals surface area contributed by atoms with E-state index in [9.17, 15) is 4.79 Å². The van der Waals surface area contributed by atoms with Crippen LogP contribution in [0.15, 0.2) is 42.5 Å². The second kappa shape index (κ2) is 7.25. The first kappa shape index (κ1) is 16.2. The zero-order valence-corrected chi connectivity index (χ0v) is 13.9. The van der Waals surface area contributed by atoms with Gasteiger partial charge in [0, 0.05) is 0 Å². The van der Waals surface area contributed by atoms with E-state index in [0.717, 1.165) is 22.6 Å². The molecule has 0 bridgehead atoms. The van der Waals surface area contributed by atoms with E-state index < -0.39 is 0 Å². The molecule has 24 heavy (non-hydrogen) atoms. The summed E-state index contributed by atoms with van der Waals surface area (Å²) < 4.78 is 16.6. The number of ether oxygens (including phenoxy) is 3. The number of carbonyl (C=O) groups is 1. The fourth-order valence-electron chi connectivity index (χ4n) is 2.55. The molecule has 1 atom stereocenters. The quantitative estimate of drug-likeness (QED) is 0.917. The Balaban J connectivity index is 1.56. The molecule has 0 radical (unpaired) electrons. The second-order valence-electron chi connectivity index (χ2n) is 5.80. The van der Waals surface area contributed by atoms with E-state index in [1.807, 2.05) is 56.3 Å². The number of fused-ring (bicyclic) bond motifs is 1. The highest BCUT2D eigenvalue weighted by atomic mass is 16.6. The van der Waals surface area contributed by atoms with Gasteiger partial charge in [-0.15, -0.1) is 0 Å². The summed E-state index contributed by atoms with van der Waals surface area (Å²) in [5.74, 6) is 1.98. The van der Waals surface area contributed by atoms with Crippen molar-refractivity contribution in [3.05, 3.63) is 53.6 Å². The van der Waals surface area contributed by atoms with Crippen LogP contribution in [0.2, 0.25) is 0 Å². The van der Waals surface area contributed by atoms with Crippen molar-refractivity contribution in [1.82, 2.24) is 5.32 Å². The summed E-state index contributed by atoms with van der Waals surface area (Å²) in [5.41, 5.74) is 2.06. The van der Waals surface area contributed by atoms with Gasteiger partial charge in [-0.2, -0.15) is 0 Å². The number of aryl methyl sites for hydroxylation is 1. The van der Waals surface area contributed by atoms with Crippen molar-refractivity contribution in [2.45, 2.75) is 19.9 Å². The Hall–Kier alpha value is -2.69. The van der Waals surface area contributed by atoms with E-state index >= 15 is 0 Å². The molecule has 0 saturated carbocycles. The van der Waals surface area contributed by atoms with Crippen molar-refractivity contribution in [2.75, 3.05) is 19.8 Å². The molecule has 3 rings (SSSR count). The third-order valence-corrected chi connectivity index (χ3v) is 3.80. The van der Waals surface area contributed by atoms with E-state index in [4.69, 9.17) is 14.2 Å². The largest absolute Gasteiger partial charge is 0.486 e. The molecule has 0 aliphatic carbocycles. The topological polar surface area (TPSA) is 56.8 Å². The highest BCUT2D eigenvalue weighted by Crippen LogP contribution is 2.32. The molecule has 126 valence electrons. The van der Waals surface area contributed by atoms with Crippen LogP contribution in [0.1, 0.15) is 24.1 Å². The minimum absolute atomic E-state index is 0.0155. The molecule has 0 aromatic heterocycles. The maximum atomic E-state index is 12.1. The number of amides is 1. The molecular weight excluding hydrogens is 306 g/mol. The van der Waals surface area contributed by atoms with Gasteiger partial charge in [0.2, 0.25) is 0 Å². The minimum atomic E-state index is -0.168. The Morgan fingerprint density at radius 2 is 1.96 bits per heavy atom. The third kappa shape index (κ3) is 3.98. The molecule has 0 unspecified atom stereocenters. The van der Waals surface area contributed by atoms with Crippen molar-refractivity contribution < 1.29 is 19.0 Å². The molecule has 0 saturated heterocycles. The number of benzene rings is 2. The minimum Gasteiger partial charge on any atom is -0.486 e. The van der Waals surface area contributed by atoms with Crippen LogP contribution >= 0.6 is 0 Å². The van der Waals surface area contributed by atoms with Gasteiger partial charge in [0.15, 0.2) is 18.1 Å². The van der Waals surface area contributed by atoms with Gasteiger partial charge in [0.1, 0.15) is 19.0 Å². The fourth-order valence-corrected chi connectivity index (χ4v) is 2.55. The average Bonchev–Trinajstić information content (AvgIpc) is 2.59. The predicted octanol–water partition coefficient (Wildman–Crippen LogP) is 3.02. The number of hydrogen-bond donors (Lipinski definition) is 1. The zero-order chi connectivity index (χ0) is 16.9. The first-order valence-electron chi connectivity index (χ1n) is 8.00. The molecule has 1 N–H and O–H groups in total. The smallest absolute Gasteiger partial charge is 0.258 e. The van der Waals surface area contributed by atoms with Crippen molar-refractivity contribution in [3.8, 4) is 17.2 Å². The van der Waals surface area contributed by atoms with Crippen molar-refractivity contribution in [1.29, 1.82) is 0 Å². The van der Waals surface area contributed by atoms with Gasteiger partial charge < -0.3 is 19.5 Å². The number of rotatable bonds is 5. The summed E-state index contributed by atoms with van der Waals surface area (Å²) in [6, 6.07) is 13.2. The highest BCUT2D eigenvalue weighted by molar-refractivity contribution is 5.78. The van der Waals surface area contributed by atoms with Gasteiger partial charge in [0.05, 0.1) is 6.04 Å². The molecule has 2 aromatic carbocycles. The van der Waals surface area contributed by atoms with E-state index in [0.29, 0.717) is 19.0 Å². The van der Waals surface area contributed by atoms with Crippen molar-refractivity contribution >= 4 is 5.91 Å². The number of carbonyl (C=O) groups excluding carboxylic acids is 1. The Labute approximate surface area is 141 Å². The average molecular weight is 327 g/mol. The van der Waals surface area contributed by atoms with Crippen LogP contribution in [0.4, 0.5) is 0 Å². The van der Waals surface area contributed by atoms with Gasteiger partial charge in [-0.3, -0.25) is 4.79 Å².